The summed E-state index contributed by atoms with van der Waals surface area (Å²) in [5, 5.41) is 2.80. The van der Waals surface area contributed by atoms with Gasteiger partial charge in [-0.1, -0.05) is 0 Å². The van der Waals surface area contributed by atoms with Gasteiger partial charge in [-0.15, -0.1) is 0 Å². The lowest BCUT2D eigenvalue weighted by molar-refractivity contribution is -0.181. The zero-order chi connectivity index (χ0) is 17.3. The van der Waals surface area contributed by atoms with Crippen LogP contribution in [0.1, 0.15) is 25.7 Å². The molecular weight excluding hydrogens is 325 g/mol. The molecule has 1 aromatic carbocycles. The smallest absolute Gasteiger partial charge is 0.321 e. The maximum atomic E-state index is 14.4. The van der Waals surface area contributed by atoms with Crippen molar-refractivity contribution in [2.24, 2.45) is 0 Å². The molecule has 4 rings (SSSR count). The molecule has 25 heavy (non-hydrogen) atoms. The molecule has 1 spiro atoms. The molecule has 2 amide bonds. The number of carbonyl (C=O) groups is 1. The van der Waals surface area contributed by atoms with E-state index in [0.29, 0.717) is 50.5 Å². The number of nitrogens with one attached hydrogen (secondary N) is 1. The van der Waals surface area contributed by atoms with E-state index in [1.807, 2.05) is 4.90 Å². The summed E-state index contributed by atoms with van der Waals surface area (Å²) in [5.41, 5.74) is 1.10. The van der Waals surface area contributed by atoms with Crippen LogP contribution in [0.2, 0.25) is 0 Å². The van der Waals surface area contributed by atoms with Gasteiger partial charge in [-0.3, -0.25) is 0 Å². The molecule has 0 atom stereocenters. The third-order valence-corrected chi connectivity index (χ3v) is 5.27. The van der Waals surface area contributed by atoms with Crippen LogP contribution in [0.3, 0.4) is 0 Å². The van der Waals surface area contributed by atoms with E-state index in [1.165, 1.54) is 6.07 Å². The van der Waals surface area contributed by atoms with Gasteiger partial charge >= 0.3 is 6.03 Å². The predicted molar refractivity (Wildman–Crippen MR) is 92.3 cm³/mol. The topological polar surface area (TPSA) is 54.0 Å². The van der Waals surface area contributed by atoms with Gasteiger partial charge in [0.05, 0.1) is 18.9 Å². The van der Waals surface area contributed by atoms with E-state index in [2.05, 4.69) is 5.32 Å². The lowest BCUT2D eigenvalue weighted by Crippen LogP contribution is -2.48. The van der Waals surface area contributed by atoms with Gasteiger partial charge in [0, 0.05) is 44.7 Å². The van der Waals surface area contributed by atoms with Crippen molar-refractivity contribution in [1.29, 1.82) is 0 Å². The summed E-state index contributed by atoms with van der Waals surface area (Å²) in [6, 6.07) is 4.71. The Bertz CT molecular complexity index is 632. The van der Waals surface area contributed by atoms with Gasteiger partial charge < -0.3 is 24.6 Å². The number of anilines is 2. The van der Waals surface area contributed by atoms with E-state index in [1.54, 1.807) is 17.0 Å². The second kappa shape index (κ2) is 6.80. The fraction of sp³-hybridized carbons (Fsp3) is 0.611. The summed E-state index contributed by atoms with van der Waals surface area (Å²) >= 11 is 0. The fourth-order valence-electron chi connectivity index (χ4n) is 3.84. The second-order valence-electron chi connectivity index (χ2n) is 6.89. The van der Waals surface area contributed by atoms with Gasteiger partial charge in [-0.25, -0.2) is 9.18 Å². The Kier molecular flexibility index (Phi) is 4.52. The molecule has 0 aromatic heterocycles. The lowest BCUT2D eigenvalue weighted by atomic mass is 10.0. The van der Waals surface area contributed by atoms with Gasteiger partial charge in [0.1, 0.15) is 5.82 Å². The summed E-state index contributed by atoms with van der Waals surface area (Å²) in [5.74, 6) is -0.787. The second-order valence-corrected chi connectivity index (χ2v) is 6.89. The number of nitrogens with zero attached hydrogens (tertiary/aromatic N) is 2. The average Bonchev–Trinajstić information content (AvgIpc) is 3.28. The van der Waals surface area contributed by atoms with Crippen molar-refractivity contribution in [3.8, 4) is 0 Å². The van der Waals surface area contributed by atoms with Crippen LogP contribution in [0.25, 0.3) is 0 Å². The molecule has 3 heterocycles. The van der Waals surface area contributed by atoms with Gasteiger partial charge in [0.25, 0.3) is 0 Å². The first-order chi connectivity index (χ1) is 12.2. The van der Waals surface area contributed by atoms with Gasteiger partial charge in [0.15, 0.2) is 5.79 Å². The molecular formula is C18H24FN3O3. The van der Waals surface area contributed by atoms with E-state index >= 15 is 0 Å². The van der Waals surface area contributed by atoms with Crippen LogP contribution < -0.4 is 10.2 Å². The number of halogens is 1. The van der Waals surface area contributed by atoms with E-state index in [4.69, 9.17) is 9.47 Å². The number of hydrogen-bond acceptors (Lipinski definition) is 4. The van der Waals surface area contributed by atoms with Crippen molar-refractivity contribution >= 4 is 17.4 Å². The third kappa shape index (κ3) is 3.43. The van der Waals surface area contributed by atoms with Crippen LogP contribution in [-0.4, -0.2) is 56.1 Å². The molecule has 1 aromatic rings. The fourth-order valence-corrected chi connectivity index (χ4v) is 3.84. The van der Waals surface area contributed by atoms with Crippen LogP contribution in [0.15, 0.2) is 18.2 Å². The largest absolute Gasteiger partial charge is 0.369 e. The van der Waals surface area contributed by atoms with Crippen molar-refractivity contribution in [1.82, 2.24) is 4.90 Å². The van der Waals surface area contributed by atoms with Crippen molar-refractivity contribution in [3.05, 3.63) is 24.0 Å². The monoisotopic (exact) mass is 349 g/mol. The van der Waals surface area contributed by atoms with E-state index in [0.717, 1.165) is 25.9 Å². The number of rotatable bonds is 2. The van der Waals surface area contributed by atoms with Crippen molar-refractivity contribution in [2.75, 3.05) is 49.6 Å². The van der Waals surface area contributed by atoms with Crippen LogP contribution in [0.4, 0.5) is 20.6 Å². The third-order valence-electron chi connectivity index (χ3n) is 5.27. The minimum absolute atomic E-state index is 0.207. The molecule has 7 heteroatoms. The Labute approximate surface area is 146 Å². The number of hydrogen-bond donors (Lipinski definition) is 1. The standard InChI is InChI=1S/C18H24FN3O3/c19-15-13-14(3-4-16(15)21-7-1-2-8-21)20-17(23)22-9-5-18(6-10-22)24-11-12-25-18/h3-4,13H,1-2,5-12H2,(H,20,23). The quantitative estimate of drug-likeness (QED) is 0.892. The van der Waals surface area contributed by atoms with Crippen LogP contribution in [0.5, 0.6) is 0 Å². The number of piperidine rings is 1. The molecule has 3 saturated heterocycles. The number of amides is 2. The van der Waals surface area contributed by atoms with E-state index in [9.17, 15) is 9.18 Å². The first-order valence-corrected chi connectivity index (χ1v) is 9.04. The lowest BCUT2D eigenvalue weighted by Gasteiger charge is -2.37. The highest BCUT2D eigenvalue weighted by atomic mass is 19.1. The minimum Gasteiger partial charge on any atom is -0.369 e. The first kappa shape index (κ1) is 16.6. The maximum Gasteiger partial charge on any atom is 0.321 e. The summed E-state index contributed by atoms with van der Waals surface area (Å²) in [4.78, 5) is 16.2. The van der Waals surface area contributed by atoms with Crippen molar-refractivity contribution in [3.63, 3.8) is 0 Å². The minimum atomic E-state index is -0.500. The number of urea groups is 1. The Morgan fingerprint density at radius 1 is 1.08 bits per heavy atom. The van der Waals surface area contributed by atoms with Crippen molar-refractivity contribution in [2.45, 2.75) is 31.5 Å². The zero-order valence-electron chi connectivity index (χ0n) is 14.3. The molecule has 3 aliphatic rings. The average molecular weight is 349 g/mol. The SMILES string of the molecule is O=C(Nc1ccc(N2CCCC2)c(F)c1)N1CCC2(CC1)OCCO2. The molecule has 1 N–H and O–H groups in total. The Hall–Kier alpha value is -1.86. The number of benzene rings is 1. The molecule has 0 aliphatic carbocycles. The molecule has 3 aliphatic heterocycles. The summed E-state index contributed by atoms with van der Waals surface area (Å²) in [6.45, 7) is 4.16. The maximum absolute atomic E-state index is 14.4. The highest BCUT2D eigenvalue weighted by molar-refractivity contribution is 5.89. The zero-order valence-corrected chi connectivity index (χ0v) is 14.3. The molecule has 0 radical (unpaired) electrons. The summed E-state index contributed by atoms with van der Waals surface area (Å²) < 4.78 is 25.7. The molecule has 0 bridgehead atoms. The Morgan fingerprint density at radius 3 is 2.40 bits per heavy atom. The highest BCUT2D eigenvalue weighted by Crippen LogP contribution is 2.31. The Morgan fingerprint density at radius 2 is 1.76 bits per heavy atom. The molecule has 0 saturated carbocycles. The van der Waals surface area contributed by atoms with E-state index < -0.39 is 5.79 Å². The Balaban J connectivity index is 1.35. The molecule has 6 nitrogen and oxygen atoms in total. The van der Waals surface area contributed by atoms with Gasteiger partial charge in [-0.2, -0.15) is 0 Å². The number of carbonyl (C=O) groups excluding carboxylic acids is 1. The molecule has 136 valence electrons. The van der Waals surface area contributed by atoms with Crippen LogP contribution >= 0.6 is 0 Å². The predicted octanol–water partition coefficient (Wildman–Crippen LogP) is 2.80. The number of ether oxygens (including phenoxy) is 2. The van der Waals surface area contributed by atoms with E-state index in [-0.39, 0.29) is 11.8 Å². The molecule has 0 unspecified atom stereocenters. The van der Waals surface area contributed by atoms with Crippen LogP contribution in [-0.2, 0) is 9.47 Å². The number of likely N-dealkylation sites (tertiary alicyclic amines) is 1. The van der Waals surface area contributed by atoms with Gasteiger partial charge in [-0.05, 0) is 31.0 Å². The first-order valence-electron chi connectivity index (χ1n) is 9.04. The summed E-state index contributed by atoms with van der Waals surface area (Å²) in [7, 11) is 0. The highest BCUT2D eigenvalue weighted by Gasteiger charge is 2.40. The van der Waals surface area contributed by atoms with Crippen molar-refractivity contribution < 1.29 is 18.7 Å². The molecule has 3 fully saturated rings. The summed E-state index contributed by atoms with van der Waals surface area (Å²) in [6.07, 6.45) is 3.54. The normalized spacial score (nSPS) is 22.6. The van der Waals surface area contributed by atoms with Gasteiger partial charge in [0.2, 0.25) is 0 Å². The van der Waals surface area contributed by atoms with Crippen LogP contribution in [0, 0.1) is 5.82 Å².